The molecule has 0 aromatic carbocycles. The van der Waals surface area contributed by atoms with Crippen molar-refractivity contribution in [2.45, 2.75) is 39.8 Å². The van der Waals surface area contributed by atoms with Crippen LogP contribution in [0.3, 0.4) is 0 Å². The maximum absolute atomic E-state index is 12.2. The van der Waals surface area contributed by atoms with Gasteiger partial charge in [-0.1, -0.05) is 11.8 Å². The Morgan fingerprint density at radius 1 is 1.38 bits per heavy atom. The van der Waals surface area contributed by atoms with Crippen molar-refractivity contribution in [2.24, 2.45) is 0 Å². The largest absolute Gasteiger partial charge is 0.384 e. The quantitative estimate of drug-likeness (QED) is 0.790. The molecule has 4 nitrogen and oxygen atoms in total. The minimum Gasteiger partial charge on any atom is -0.384 e. The Morgan fingerprint density at radius 3 is 2.62 bits per heavy atom. The highest BCUT2D eigenvalue weighted by Crippen LogP contribution is 2.15. The molecule has 0 unspecified atom stereocenters. The van der Waals surface area contributed by atoms with Gasteiger partial charge in [-0.3, -0.25) is 9.69 Å². The minimum atomic E-state index is -0.200. The normalized spacial score (nSPS) is 10.9. The molecule has 0 bridgehead atoms. The molecule has 1 rings (SSSR count). The standard InChI is InChI=1S/C16H24N2O2S/c1-12(2)18(13(3)4)9-8-17-16(20)15-14(6-5-10-19)7-11-21-15/h7,11-13,19H,8-10H2,1-4H3,(H,17,20). The van der Waals surface area contributed by atoms with Gasteiger partial charge in [0.25, 0.3) is 5.91 Å². The lowest BCUT2D eigenvalue weighted by molar-refractivity contribution is 0.0943. The van der Waals surface area contributed by atoms with Gasteiger partial charge in [0, 0.05) is 30.7 Å². The average molecular weight is 308 g/mol. The second-order valence-electron chi connectivity index (χ2n) is 5.30. The first-order valence-electron chi connectivity index (χ1n) is 7.18. The van der Waals surface area contributed by atoms with E-state index in [-0.39, 0.29) is 12.5 Å². The molecule has 1 amide bonds. The van der Waals surface area contributed by atoms with Crippen LogP contribution in [0, 0.1) is 11.8 Å². The van der Waals surface area contributed by atoms with E-state index in [1.807, 2.05) is 5.38 Å². The van der Waals surface area contributed by atoms with Crippen LogP contribution in [-0.4, -0.2) is 47.7 Å². The van der Waals surface area contributed by atoms with Crippen LogP contribution in [0.1, 0.15) is 42.9 Å². The van der Waals surface area contributed by atoms with Crippen molar-refractivity contribution in [3.8, 4) is 11.8 Å². The molecule has 1 aromatic heterocycles. The number of rotatable bonds is 6. The smallest absolute Gasteiger partial charge is 0.262 e. The van der Waals surface area contributed by atoms with E-state index >= 15 is 0 Å². The summed E-state index contributed by atoms with van der Waals surface area (Å²) in [5, 5.41) is 13.5. The van der Waals surface area contributed by atoms with Crippen LogP contribution in [-0.2, 0) is 0 Å². The fourth-order valence-corrected chi connectivity index (χ4v) is 2.98. The topological polar surface area (TPSA) is 52.6 Å². The molecule has 2 N–H and O–H groups in total. The molecule has 116 valence electrons. The number of hydrogen-bond donors (Lipinski definition) is 2. The predicted molar refractivity (Wildman–Crippen MR) is 87.6 cm³/mol. The summed E-state index contributed by atoms with van der Waals surface area (Å²) in [5.74, 6) is 5.28. The molecule has 1 aromatic rings. The number of hydrogen-bond acceptors (Lipinski definition) is 4. The number of carbonyl (C=O) groups is 1. The summed E-state index contributed by atoms with van der Waals surface area (Å²) < 4.78 is 0. The highest BCUT2D eigenvalue weighted by molar-refractivity contribution is 7.12. The second-order valence-corrected chi connectivity index (χ2v) is 6.22. The fourth-order valence-electron chi connectivity index (χ4n) is 2.21. The molecular weight excluding hydrogens is 284 g/mol. The molecule has 0 spiro atoms. The maximum atomic E-state index is 12.2. The van der Waals surface area contributed by atoms with Gasteiger partial charge in [-0.2, -0.15) is 0 Å². The molecule has 0 radical (unpaired) electrons. The van der Waals surface area contributed by atoms with E-state index in [0.717, 1.165) is 6.54 Å². The number of nitrogens with zero attached hydrogens (tertiary/aromatic N) is 1. The van der Waals surface area contributed by atoms with Crippen LogP contribution in [0.25, 0.3) is 0 Å². The Bertz CT molecular complexity index is 504. The molecule has 0 saturated heterocycles. The average Bonchev–Trinajstić information content (AvgIpc) is 2.88. The Hall–Kier alpha value is -1.35. The summed E-state index contributed by atoms with van der Waals surface area (Å²) in [6.45, 7) is 9.86. The zero-order valence-electron chi connectivity index (χ0n) is 13.1. The first-order chi connectivity index (χ1) is 9.97. The highest BCUT2D eigenvalue weighted by Gasteiger charge is 2.15. The van der Waals surface area contributed by atoms with Crippen LogP contribution >= 0.6 is 11.3 Å². The van der Waals surface area contributed by atoms with Crippen molar-refractivity contribution >= 4 is 17.2 Å². The van der Waals surface area contributed by atoms with E-state index < -0.39 is 0 Å². The number of thiophene rings is 1. The lowest BCUT2D eigenvalue weighted by Gasteiger charge is -2.30. The third kappa shape index (κ3) is 5.50. The molecule has 0 atom stereocenters. The Balaban J connectivity index is 2.57. The second kappa shape index (κ2) is 8.83. The molecule has 0 aliphatic carbocycles. The molecule has 0 saturated carbocycles. The zero-order valence-corrected chi connectivity index (χ0v) is 14.0. The number of aliphatic hydroxyl groups excluding tert-OH is 1. The first kappa shape index (κ1) is 17.7. The third-order valence-corrected chi connectivity index (χ3v) is 4.07. The van der Waals surface area contributed by atoms with Crippen molar-refractivity contribution < 1.29 is 9.90 Å². The van der Waals surface area contributed by atoms with Crippen molar-refractivity contribution in [1.29, 1.82) is 0 Å². The Morgan fingerprint density at radius 2 is 2.05 bits per heavy atom. The van der Waals surface area contributed by atoms with Crippen LogP contribution < -0.4 is 5.32 Å². The molecule has 0 aliphatic rings. The first-order valence-corrected chi connectivity index (χ1v) is 8.06. The molecule has 0 fully saturated rings. The van der Waals surface area contributed by atoms with Gasteiger partial charge in [0.1, 0.15) is 11.5 Å². The summed E-state index contributed by atoms with van der Waals surface area (Å²) in [7, 11) is 0. The lowest BCUT2D eigenvalue weighted by atomic mass is 10.2. The van der Waals surface area contributed by atoms with Crippen LogP contribution in [0.15, 0.2) is 11.4 Å². The summed E-state index contributed by atoms with van der Waals surface area (Å²) in [4.78, 5) is 15.1. The SMILES string of the molecule is CC(C)N(CCNC(=O)c1sccc1C#CCO)C(C)C. The summed E-state index contributed by atoms with van der Waals surface area (Å²) in [5.41, 5.74) is 0.677. The molecule has 5 heteroatoms. The molecule has 21 heavy (non-hydrogen) atoms. The lowest BCUT2D eigenvalue weighted by Crippen LogP contribution is -2.42. The van der Waals surface area contributed by atoms with Crippen molar-refractivity contribution in [1.82, 2.24) is 10.2 Å². The number of amides is 1. The highest BCUT2D eigenvalue weighted by atomic mass is 32.1. The zero-order chi connectivity index (χ0) is 15.8. The predicted octanol–water partition coefficient (Wildman–Crippen LogP) is 1.94. The van der Waals surface area contributed by atoms with Gasteiger partial charge in [0.15, 0.2) is 0 Å². The van der Waals surface area contributed by atoms with Crippen LogP contribution in [0.5, 0.6) is 0 Å². The van der Waals surface area contributed by atoms with Crippen molar-refractivity contribution in [3.63, 3.8) is 0 Å². The van der Waals surface area contributed by atoms with E-state index in [1.54, 1.807) is 6.07 Å². The third-order valence-electron chi connectivity index (χ3n) is 3.16. The number of aliphatic hydroxyl groups is 1. The van der Waals surface area contributed by atoms with Gasteiger partial charge in [0.2, 0.25) is 0 Å². The van der Waals surface area contributed by atoms with E-state index in [2.05, 4.69) is 49.8 Å². The Labute approximate surface area is 131 Å². The van der Waals surface area contributed by atoms with Gasteiger partial charge in [0.05, 0.1) is 0 Å². The maximum Gasteiger partial charge on any atom is 0.262 e. The van der Waals surface area contributed by atoms with Gasteiger partial charge in [-0.25, -0.2) is 0 Å². The molecule has 1 heterocycles. The van der Waals surface area contributed by atoms with E-state index in [4.69, 9.17) is 5.11 Å². The Kier molecular flexibility index (Phi) is 7.44. The minimum absolute atomic E-state index is 0.0975. The van der Waals surface area contributed by atoms with Gasteiger partial charge < -0.3 is 10.4 Å². The van der Waals surface area contributed by atoms with Gasteiger partial charge in [-0.15, -0.1) is 11.3 Å². The number of carbonyl (C=O) groups excluding carboxylic acids is 1. The van der Waals surface area contributed by atoms with Gasteiger partial charge in [-0.05, 0) is 39.1 Å². The summed E-state index contributed by atoms with van der Waals surface area (Å²) >= 11 is 1.37. The van der Waals surface area contributed by atoms with Crippen LogP contribution in [0.4, 0.5) is 0 Å². The van der Waals surface area contributed by atoms with Gasteiger partial charge >= 0.3 is 0 Å². The van der Waals surface area contributed by atoms with Crippen molar-refractivity contribution in [3.05, 3.63) is 21.9 Å². The fraction of sp³-hybridized carbons (Fsp3) is 0.562. The van der Waals surface area contributed by atoms with Crippen molar-refractivity contribution in [2.75, 3.05) is 19.7 Å². The monoisotopic (exact) mass is 308 g/mol. The van der Waals surface area contributed by atoms with E-state index in [1.165, 1.54) is 11.3 Å². The van der Waals surface area contributed by atoms with E-state index in [0.29, 0.717) is 29.1 Å². The molecule has 0 aliphatic heterocycles. The summed E-state index contributed by atoms with van der Waals surface area (Å²) in [6, 6.07) is 2.71. The molecular formula is C16H24N2O2S. The van der Waals surface area contributed by atoms with E-state index in [9.17, 15) is 4.79 Å². The van der Waals surface area contributed by atoms with Crippen LogP contribution in [0.2, 0.25) is 0 Å². The summed E-state index contributed by atoms with van der Waals surface area (Å²) in [6.07, 6.45) is 0. The number of nitrogens with one attached hydrogen (secondary N) is 1.